The summed E-state index contributed by atoms with van der Waals surface area (Å²) in [7, 11) is -5.83. The zero-order chi connectivity index (χ0) is 19.7. The fourth-order valence-corrected chi connectivity index (χ4v) is 3.10. The minimum Gasteiger partial charge on any atom is -0.471 e. The van der Waals surface area contributed by atoms with E-state index in [1.807, 2.05) is 0 Å². The molecule has 1 aliphatic rings. The van der Waals surface area contributed by atoms with E-state index in [4.69, 9.17) is 4.74 Å². The Hall–Kier alpha value is -2.43. The van der Waals surface area contributed by atoms with Crippen LogP contribution in [0, 0.1) is 5.82 Å². The largest absolute Gasteiger partial charge is 0.534 e. The molecule has 0 fully saturated rings. The lowest BCUT2D eigenvalue weighted by molar-refractivity contribution is -0.0500. The van der Waals surface area contributed by atoms with E-state index in [2.05, 4.69) is 14.2 Å². The molecule has 0 bridgehead atoms. The van der Waals surface area contributed by atoms with E-state index in [9.17, 15) is 26.0 Å². The number of hydrogen-bond acceptors (Lipinski definition) is 6. The van der Waals surface area contributed by atoms with Gasteiger partial charge >= 0.3 is 15.6 Å². The van der Waals surface area contributed by atoms with E-state index < -0.39 is 27.2 Å². The number of ether oxygens (including phenoxy) is 1. The fourth-order valence-electron chi connectivity index (χ4n) is 2.62. The molecule has 0 saturated carbocycles. The molecular formula is C16H14F4N2O4S. The number of rotatable bonds is 5. The third-order valence-corrected chi connectivity index (χ3v) is 4.88. The average Bonchev–Trinajstić information content (AvgIpc) is 2.60. The molecule has 3 rings (SSSR count). The van der Waals surface area contributed by atoms with Crippen molar-refractivity contribution in [2.24, 2.45) is 0 Å². The molecule has 0 amide bonds. The van der Waals surface area contributed by atoms with Gasteiger partial charge in [0, 0.05) is 17.8 Å². The van der Waals surface area contributed by atoms with Crippen LogP contribution in [0.5, 0.6) is 11.6 Å². The van der Waals surface area contributed by atoms with Gasteiger partial charge in [-0.1, -0.05) is 0 Å². The van der Waals surface area contributed by atoms with Gasteiger partial charge in [-0.05, 0) is 37.8 Å². The Bertz CT molecular complexity index is 948. The van der Waals surface area contributed by atoms with E-state index in [-0.39, 0.29) is 18.2 Å². The number of halogens is 4. The third-order valence-electron chi connectivity index (χ3n) is 3.91. The minimum atomic E-state index is -5.83. The Morgan fingerprint density at radius 3 is 2.63 bits per heavy atom. The SMILES string of the molecule is O=S(=O)(Oc1cc(OCc2ncccc2F)nc2c1CCCC2)C(F)(F)F. The van der Waals surface area contributed by atoms with E-state index in [1.54, 1.807) is 0 Å². The lowest BCUT2D eigenvalue weighted by Crippen LogP contribution is -2.28. The van der Waals surface area contributed by atoms with E-state index in [1.165, 1.54) is 18.3 Å². The highest BCUT2D eigenvalue weighted by atomic mass is 32.2. The number of aryl methyl sites for hydroxylation is 1. The maximum Gasteiger partial charge on any atom is 0.534 e. The van der Waals surface area contributed by atoms with Gasteiger partial charge in [0.05, 0.1) is 5.69 Å². The van der Waals surface area contributed by atoms with Crippen molar-refractivity contribution in [3.63, 3.8) is 0 Å². The minimum absolute atomic E-state index is 0.0256. The normalized spacial score (nSPS) is 14.5. The van der Waals surface area contributed by atoms with Crippen molar-refractivity contribution in [1.29, 1.82) is 0 Å². The van der Waals surface area contributed by atoms with Crippen molar-refractivity contribution in [3.05, 3.63) is 47.2 Å². The second-order valence-corrected chi connectivity index (χ2v) is 7.33. The van der Waals surface area contributed by atoms with Crippen molar-refractivity contribution >= 4 is 10.1 Å². The van der Waals surface area contributed by atoms with Crippen LogP contribution >= 0.6 is 0 Å². The Labute approximate surface area is 152 Å². The number of nitrogens with zero attached hydrogens (tertiary/aromatic N) is 2. The molecule has 2 aromatic rings. The molecule has 6 nitrogen and oxygen atoms in total. The molecule has 0 unspecified atom stereocenters. The predicted octanol–water partition coefficient (Wildman–Crippen LogP) is 3.30. The van der Waals surface area contributed by atoms with Crippen LogP contribution in [-0.2, 0) is 29.6 Å². The molecule has 11 heteroatoms. The molecule has 146 valence electrons. The molecule has 1 aliphatic carbocycles. The second-order valence-electron chi connectivity index (χ2n) is 5.79. The molecule has 0 saturated heterocycles. The van der Waals surface area contributed by atoms with Gasteiger partial charge in [-0.3, -0.25) is 4.98 Å². The van der Waals surface area contributed by atoms with Crippen molar-refractivity contribution in [1.82, 2.24) is 9.97 Å². The average molecular weight is 406 g/mol. The number of aromatic nitrogens is 2. The summed E-state index contributed by atoms with van der Waals surface area (Å²) in [5.41, 5.74) is -4.89. The van der Waals surface area contributed by atoms with Crippen molar-refractivity contribution in [2.75, 3.05) is 0 Å². The zero-order valence-electron chi connectivity index (χ0n) is 13.8. The summed E-state index contributed by atoms with van der Waals surface area (Å²) in [4.78, 5) is 7.97. The zero-order valence-corrected chi connectivity index (χ0v) is 14.6. The predicted molar refractivity (Wildman–Crippen MR) is 85.0 cm³/mol. The summed E-state index contributed by atoms with van der Waals surface area (Å²) in [6.07, 6.45) is 3.53. The van der Waals surface area contributed by atoms with Crippen LogP contribution in [0.3, 0.4) is 0 Å². The Morgan fingerprint density at radius 2 is 1.93 bits per heavy atom. The standard InChI is InChI=1S/C16H14F4N2O4S/c17-11-5-3-7-21-13(11)9-25-15-8-14(26-27(23,24)16(18,19)20)10-4-1-2-6-12(10)22-15/h3,5,7-8H,1-2,4,6,9H2. The lowest BCUT2D eigenvalue weighted by Gasteiger charge is -2.20. The van der Waals surface area contributed by atoms with Crippen LogP contribution in [0.1, 0.15) is 29.8 Å². The first-order valence-electron chi connectivity index (χ1n) is 7.93. The van der Waals surface area contributed by atoms with E-state index in [0.29, 0.717) is 30.5 Å². The van der Waals surface area contributed by atoms with Gasteiger partial charge in [-0.2, -0.15) is 21.6 Å². The first kappa shape index (κ1) is 19.3. The molecule has 27 heavy (non-hydrogen) atoms. The molecule has 2 heterocycles. The van der Waals surface area contributed by atoms with Crippen LogP contribution in [0.4, 0.5) is 17.6 Å². The Morgan fingerprint density at radius 1 is 1.19 bits per heavy atom. The molecule has 2 aromatic heterocycles. The van der Waals surface area contributed by atoms with Crippen LogP contribution in [0.2, 0.25) is 0 Å². The summed E-state index contributed by atoms with van der Waals surface area (Å²) in [5.74, 6) is -1.27. The van der Waals surface area contributed by atoms with Gasteiger partial charge in [0.2, 0.25) is 5.88 Å². The summed E-state index contributed by atoms with van der Waals surface area (Å²) < 4.78 is 84.0. The van der Waals surface area contributed by atoms with Gasteiger partial charge in [0.1, 0.15) is 18.1 Å². The quantitative estimate of drug-likeness (QED) is 0.431. The maximum absolute atomic E-state index is 13.6. The second kappa shape index (κ2) is 7.29. The summed E-state index contributed by atoms with van der Waals surface area (Å²) in [6, 6.07) is 3.54. The summed E-state index contributed by atoms with van der Waals surface area (Å²) >= 11 is 0. The smallest absolute Gasteiger partial charge is 0.471 e. The number of fused-ring (bicyclic) bond motifs is 1. The van der Waals surface area contributed by atoms with Crippen molar-refractivity contribution in [2.45, 2.75) is 37.8 Å². The van der Waals surface area contributed by atoms with Crippen molar-refractivity contribution < 1.29 is 34.9 Å². The molecule has 0 N–H and O–H groups in total. The van der Waals surface area contributed by atoms with E-state index >= 15 is 0 Å². The highest BCUT2D eigenvalue weighted by molar-refractivity contribution is 7.88. The first-order valence-corrected chi connectivity index (χ1v) is 9.34. The van der Waals surface area contributed by atoms with Crippen LogP contribution in [0.25, 0.3) is 0 Å². The number of alkyl halides is 3. The van der Waals surface area contributed by atoms with Gasteiger partial charge in [0.25, 0.3) is 0 Å². The van der Waals surface area contributed by atoms with Crippen LogP contribution < -0.4 is 8.92 Å². The monoisotopic (exact) mass is 406 g/mol. The molecular weight excluding hydrogens is 392 g/mol. The summed E-state index contributed by atoms with van der Waals surface area (Å²) in [6.45, 7) is -0.329. The highest BCUT2D eigenvalue weighted by Gasteiger charge is 2.49. The molecule has 0 aromatic carbocycles. The lowest BCUT2D eigenvalue weighted by atomic mass is 9.95. The number of pyridine rings is 2. The van der Waals surface area contributed by atoms with E-state index in [0.717, 1.165) is 12.5 Å². The van der Waals surface area contributed by atoms with Crippen molar-refractivity contribution in [3.8, 4) is 11.6 Å². The molecule has 0 atom stereocenters. The molecule has 0 radical (unpaired) electrons. The molecule has 0 aliphatic heterocycles. The van der Waals surface area contributed by atoms with Gasteiger partial charge in [-0.25, -0.2) is 9.37 Å². The topological polar surface area (TPSA) is 78.4 Å². The maximum atomic E-state index is 13.6. The first-order chi connectivity index (χ1) is 12.7. The van der Waals surface area contributed by atoms with Gasteiger partial charge < -0.3 is 8.92 Å². The summed E-state index contributed by atoms with van der Waals surface area (Å²) in [5, 5.41) is 0. The fraction of sp³-hybridized carbons (Fsp3) is 0.375. The van der Waals surface area contributed by atoms with Gasteiger partial charge in [-0.15, -0.1) is 0 Å². The van der Waals surface area contributed by atoms with Crippen LogP contribution in [0.15, 0.2) is 24.4 Å². The molecule has 0 spiro atoms. The number of hydrogen-bond donors (Lipinski definition) is 0. The Kier molecular flexibility index (Phi) is 5.22. The highest BCUT2D eigenvalue weighted by Crippen LogP contribution is 2.35. The van der Waals surface area contributed by atoms with Crippen LogP contribution in [-0.4, -0.2) is 23.9 Å². The Balaban J connectivity index is 1.91. The third kappa shape index (κ3) is 4.29. The van der Waals surface area contributed by atoms with Gasteiger partial charge in [0.15, 0.2) is 5.75 Å².